The number of benzene rings is 1. The average molecular weight is 259 g/mol. The van der Waals surface area contributed by atoms with Gasteiger partial charge in [0.1, 0.15) is 0 Å². The normalized spacial score (nSPS) is 10.8. The largest absolute Gasteiger partial charge is 0.295 e. The Bertz CT molecular complexity index is 519. The topological polar surface area (TPSA) is 20.3 Å². The molecule has 94 valence electrons. The first-order valence-electron chi connectivity index (χ1n) is 5.96. The maximum Gasteiger partial charge on any atom is 0.186 e. The number of likely N-dealkylation sites (N-methyl/N-ethyl adjacent to an activating group) is 1. The molecule has 0 saturated carbocycles. The zero-order chi connectivity index (χ0) is 13.0. The summed E-state index contributed by atoms with van der Waals surface area (Å²) in [5.41, 5.74) is 2.50. The molecule has 0 unspecified atom stereocenters. The van der Waals surface area contributed by atoms with Gasteiger partial charge in [-0.3, -0.25) is 9.69 Å². The van der Waals surface area contributed by atoms with E-state index in [1.54, 1.807) is 0 Å². The van der Waals surface area contributed by atoms with Gasteiger partial charge < -0.3 is 0 Å². The number of aryl methyl sites for hydroxylation is 1. The Hall–Kier alpha value is -1.45. The smallest absolute Gasteiger partial charge is 0.186 e. The monoisotopic (exact) mass is 259 g/mol. The van der Waals surface area contributed by atoms with Crippen molar-refractivity contribution in [2.24, 2.45) is 0 Å². The zero-order valence-corrected chi connectivity index (χ0v) is 11.5. The third-order valence-corrected chi connectivity index (χ3v) is 3.66. The molecular weight excluding hydrogens is 242 g/mol. The molecule has 3 heteroatoms. The van der Waals surface area contributed by atoms with E-state index in [-0.39, 0.29) is 5.78 Å². The van der Waals surface area contributed by atoms with Gasteiger partial charge in [0.2, 0.25) is 0 Å². The van der Waals surface area contributed by atoms with Crippen molar-refractivity contribution in [3.63, 3.8) is 0 Å². The molecule has 0 N–H and O–H groups in total. The SMILES string of the molecule is Cc1cccc(CN(C)CC(=O)c2cccs2)c1. The van der Waals surface area contributed by atoms with Crippen molar-refractivity contribution in [2.45, 2.75) is 13.5 Å². The van der Waals surface area contributed by atoms with Crippen LogP contribution in [0.25, 0.3) is 0 Å². The van der Waals surface area contributed by atoms with E-state index in [0.29, 0.717) is 6.54 Å². The van der Waals surface area contributed by atoms with Crippen molar-refractivity contribution < 1.29 is 4.79 Å². The van der Waals surface area contributed by atoms with Crippen molar-refractivity contribution in [1.82, 2.24) is 4.90 Å². The quantitative estimate of drug-likeness (QED) is 0.767. The molecule has 0 bridgehead atoms. The van der Waals surface area contributed by atoms with Gasteiger partial charge in [0.05, 0.1) is 11.4 Å². The van der Waals surface area contributed by atoms with Crippen LogP contribution >= 0.6 is 11.3 Å². The lowest BCUT2D eigenvalue weighted by atomic mass is 10.1. The van der Waals surface area contributed by atoms with Gasteiger partial charge >= 0.3 is 0 Å². The summed E-state index contributed by atoms with van der Waals surface area (Å²) in [6.45, 7) is 3.35. The molecule has 0 atom stereocenters. The Morgan fingerprint density at radius 3 is 2.78 bits per heavy atom. The van der Waals surface area contributed by atoms with Crippen LogP contribution in [0, 0.1) is 6.92 Å². The molecule has 18 heavy (non-hydrogen) atoms. The number of carbonyl (C=O) groups is 1. The van der Waals surface area contributed by atoms with E-state index in [1.807, 2.05) is 24.6 Å². The maximum absolute atomic E-state index is 11.9. The van der Waals surface area contributed by atoms with Gasteiger partial charge in [-0.15, -0.1) is 11.3 Å². The minimum Gasteiger partial charge on any atom is -0.295 e. The lowest BCUT2D eigenvalue weighted by molar-refractivity contribution is 0.0947. The number of hydrogen-bond donors (Lipinski definition) is 0. The van der Waals surface area contributed by atoms with Crippen molar-refractivity contribution >= 4 is 17.1 Å². The molecule has 0 aliphatic carbocycles. The Kier molecular flexibility index (Phi) is 4.28. The predicted octanol–water partition coefficient (Wildman–Crippen LogP) is 3.37. The maximum atomic E-state index is 11.9. The molecule has 0 aliphatic rings. The summed E-state index contributed by atoms with van der Waals surface area (Å²) in [6, 6.07) is 12.2. The van der Waals surface area contributed by atoms with Crippen LogP contribution in [0.3, 0.4) is 0 Å². The van der Waals surface area contributed by atoms with Crippen molar-refractivity contribution in [2.75, 3.05) is 13.6 Å². The highest BCUT2D eigenvalue weighted by molar-refractivity contribution is 7.12. The summed E-state index contributed by atoms with van der Waals surface area (Å²) in [7, 11) is 1.98. The third-order valence-electron chi connectivity index (χ3n) is 2.74. The number of thiophene rings is 1. The van der Waals surface area contributed by atoms with Crippen LogP contribution in [0.15, 0.2) is 41.8 Å². The Morgan fingerprint density at radius 2 is 2.11 bits per heavy atom. The van der Waals surface area contributed by atoms with Crippen molar-refractivity contribution in [3.8, 4) is 0 Å². The second-order valence-electron chi connectivity index (χ2n) is 4.56. The molecule has 0 aliphatic heterocycles. The molecule has 1 aromatic heterocycles. The van der Waals surface area contributed by atoms with E-state index < -0.39 is 0 Å². The fourth-order valence-electron chi connectivity index (χ4n) is 1.94. The Labute approximate surface area is 112 Å². The third kappa shape index (κ3) is 3.52. The number of rotatable bonds is 5. The Morgan fingerprint density at radius 1 is 1.28 bits per heavy atom. The molecule has 1 aromatic carbocycles. The lowest BCUT2D eigenvalue weighted by Gasteiger charge is -2.15. The van der Waals surface area contributed by atoms with Gasteiger partial charge in [-0.25, -0.2) is 0 Å². The zero-order valence-electron chi connectivity index (χ0n) is 10.7. The number of nitrogens with zero attached hydrogens (tertiary/aromatic N) is 1. The second kappa shape index (κ2) is 5.94. The fourth-order valence-corrected chi connectivity index (χ4v) is 2.60. The number of ketones is 1. The molecule has 2 nitrogen and oxygen atoms in total. The van der Waals surface area contributed by atoms with E-state index in [4.69, 9.17) is 0 Å². The summed E-state index contributed by atoms with van der Waals surface area (Å²) in [6.07, 6.45) is 0. The fraction of sp³-hybridized carbons (Fsp3) is 0.267. The molecule has 2 aromatic rings. The highest BCUT2D eigenvalue weighted by Crippen LogP contribution is 2.11. The van der Waals surface area contributed by atoms with Crippen LogP contribution in [0.4, 0.5) is 0 Å². The standard InChI is InChI=1S/C15H17NOS/c1-12-5-3-6-13(9-12)10-16(2)11-14(17)15-7-4-8-18-15/h3-9H,10-11H2,1-2H3. The number of Topliss-reactive ketones (excluding diaryl/α,β-unsaturated/α-hetero) is 1. The lowest BCUT2D eigenvalue weighted by Crippen LogP contribution is -2.25. The summed E-state index contributed by atoms with van der Waals surface area (Å²) in [5, 5.41) is 1.94. The summed E-state index contributed by atoms with van der Waals surface area (Å²) in [5.74, 6) is 0.195. The highest BCUT2D eigenvalue weighted by atomic mass is 32.1. The van der Waals surface area contributed by atoms with Gasteiger partial charge in [-0.2, -0.15) is 0 Å². The van der Waals surface area contributed by atoms with E-state index >= 15 is 0 Å². The van der Waals surface area contributed by atoms with Crippen LogP contribution in [0.1, 0.15) is 20.8 Å². The average Bonchev–Trinajstić information content (AvgIpc) is 2.81. The second-order valence-corrected chi connectivity index (χ2v) is 5.51. The van der Waals surface area contributed by atoms with Gasteiger partial charge in [-0.05, 0) is 31.0 Å². The van der Waals surface area contributed by atoms with Gasteiger partial charge in [0.15, 0.2) is 5.78 Å². The minimum atomic E-state index is 0.195. The van der Waals surface area contributed by atoms with Crippen LogP contribution in [0.2, 0.25) is 0 Å². The van der Waals surface area contributed by atoms with Crippen molar-refractivity contribution in [1.29, 1.82) is 0 Å². The summed E-state index contributed by atoms with van der Waals surface area (Å²) < 4.78 is 0. The van der Waals surface area contributed by atoms with E-state index in [1.165, 1.54) is 22.5 Å². The molecule has 2 rings (SSSR count). The summed E-state index contributed by atoms with van der Waals surface area (Å²) >= 11 is 1.51. The molecule has 0 spiro atoms. The Balaban J connectivity index is 1.93. The van der Waals surface area contributed by atoms with Gasteiger partial charge in [-0.1, -0.05) is 35.9 Å². The molecular formula is C15H17NOS. The summed E-state index contributed by atoms with van der Waals surface area (Å²) in [4.78, 5) is 14.8. The van der Waals surface area contributed by atoms with Crippen LogP contribution in [-0.2, 0) is 6.54 Å². The van der Waals surface area contributed by atoms with E-state index in [9.17, 15) is 4.79 Å². The van der Waals surface area contributed by atoms with Crippen LogP contribution in [0.5, 0.6) is 0 Å². The number of hydrogen-bond acceptors (Lipinski definition) is 3. The van der Waals surface area contributed by atoms with Crippen LogP contribution < -0.4 is 0 Å². The van der Waals surface area contributed by atoms with E-state index in [0.717, 1.165) is 11.4 Å². The molecule has 0 saturated heterocycles. The first-order chi connectivity index (χ1) is 8.65. The van der Waals surface area contributed by atoms with Gasteiger partial charge in [0, 0.05) is 6.54 Å². The highest BCUT2D eigenvalue weighted by Gasteiger charge is 2.10. The van der Waals surface area contributed by atoms with Crippen molar-refractivity contribution in [3.05, 3.63) is 57.8 Å². The molecule has 1 heterocycles. The van der Waals surface area contributed by atoms with E-state index in [2.05, 4.69) is 36.1 Å². The minimum absolute atomic E-state index is 0.195. The first kappa shape index (κ1) is 13.0. The van der Waals surface area contributed by atoms with Gasteiger partial charge in [0.25, 0.3) is 0 Å². The predicted molar refractivity (Wildman–Crippen MR) is 76.2 cm³/mol. The molecule has 0 fully saturated rings. The van der Waals surface area contributed by atoms with Crippen LogP contribution in [-0.4, -0.2) is 24.3 Å². The molecule has 0 radical (unpaired) electrons. The number of carbonyl (C=O) groups excluding carboxylic acids is 1. The molecule has 0 amide bonds. The first-order valence-corrected chi connectivity index (χ1v) is 6.84.